The standard InChI is InChI=1S/C26H30N6O5/c1-17(2)36-16-20(33)14-32-22-23(31(3)26(35)29-24(22)34)28-25(32)30-27-13-18-9-11-21(12-10-18)37-15-19-7-5-4-6-8-19/h4-13,17,20,33H,14-16H2,1-3H3,(H,28,30)(H,29,34,35). The molecule has 0 amide bonds. The molecular weight excluding hydrogens is 476 g/mol. The molecule has 0 saturated carbocycles. The van der Waals surface area contributed by atoms with Crippen LogP contribution in [0.25, 0.3) is 11.2 Å². The summed E-state index contributed by atoms with van der Waals surface area (Å²) in [5.74, 6) is 0.929. The van der Waals surface area contributed by atoms with Gasteiger partial charge >= 0.3 is 5.69 Å². The minimum absolute atomic E-state index is 0.00973. The summed E-state index contributed by atoms with van der Waals surface area (Å²) in [6.07, 6.45) is 0.617. The molecule has 1 atom stereocenters. The number of hydrazone groups is 1. The van der Waals surface area contributed by atoms with Crippen LogP contribution in [0.4, 0.5) is 5.95 Å². The average molecular weight is 507 g/mol. The Morgan fingerprint density at radius 1 is 1.14 bits per heavy atom. The summed E-state index contributed by atoms with van der Waals surface area (Å²) in [6, 6.07) is 17.3. The van der Waals surface area contributed by atoms with Crippen molar-refractivity contribution in [3.63, 3.8) is 0 Å². The van der Waals surface area contributed by atoms with Crippen molar-refractivity contribution >= 4 is 23.3 Å². The van der Waals surface area contributed by atoms with E-state index >= 15 is 0 Å². The van der Waals surface area contributed by atoms with Crippen molar-refractivity contribution in [2.24, 2.45) is 12.1 Å². The molecule has 2 aromatic heterocycles. The van der Waals surface area contributed by atoms with Crippen molar-refractivity contribution in [1.82, 2.24) is 19.1 Å². The molecule has 0 bridgehead atoms. The van der Waals surface area contributed by atoms with Gasteiger partial charge in [-0.2, -0.15) is 10.1 Å². The van der Waals surface area contributed by atoms with Crippen LogP contribution in [0.5, 0.6) is 5.75 Å². The molecular formula is C26H30N6O5. The number of aliphatic hydroxyl groups excluding tert-OH is 1. The predicted molar refractivity (Wildman–Crippen MR) is 141 cm³/mol. The van der Waals surface area contributed by atoms with Gasteiger partial charge in [-0.25, -0.2) is 10.2 Å². The quantitative estimate of drug-likeness (QED) is 0.210. The highest BCUT2D eigenvalue weighted by Gasteiger charge is 2.19. The number of aliphatic hydroxyl groups is 1. The van der Waals surface area contributed by atoms with Crippen LogP contribution in [0.3, 0.4) is 0 Å². The fourth-order valence-corrected chi connectivity index (χ4v) is 3.62. The summed E-state index contributed by atoms with van der Waals surface area (Å²) >= 11 is 0. The Labute approximate surface area is 213 Å². The molecule has 4 aromatic rings. The van der Waals surface area contributed by atoms with Crippen LogP contribution in [-0.2, 0) is 24.9 Å². The molecule has 0 saturated heterocycles. The number of benzene rings is 2. The smallest absolute Gasteiger partial charge is 0.329 e. The molecule has 11 heteroatoms. The van der Waals surface area contributed by atoms with Crippen molar-refractivity contribution < 1.29 is 14.6 Å². The van der Waals surface area contributed by atoms with Gasteiger partial charge in [0, 0.05) is 7.05 Å². The monoisotopic (exact) mass is 506 g/mol. The van der Waals surface area contributed by atoms with Gasteiger partial charge in [-0.1, -0.05) is 30.3 Å². The van der Waals surface area contributed by atoms with Crippen LogP contribution in [0.1, 0.15) is 25.0 Å². The summed E-state index contributed by atoms with van der Waals surface area (Å²) in [7, 11) is 1.50. The first kappa shape index (κ1) is 25.9. The highest BCUT2D eigenvalue weighted by Crippen LogP contribution is 2.17. The number of aromatic nitrogens is 4. The minimum atomic E-state index is -0.913. The van der Waals surface area contributed by atoms with Gasteiger partial charge in [-0.05, 0) is 49.2 Å². The topological polar surface area (TPSA) is 136 Å². The molecule has 0 spiro atoms. The van der Waals surface area contributed by atoms with Gasteiger partial charge in [-0.15, -0.1) is 0 Å². The van der Waals surface area contributed by atoms with E-state index in [4.69, 9.17) is 9.47 Å². The van der Waals surface area contributed by atoms with Crippen LogP contribution in [0.15, 0.2) is 69.3 Å². The third-order valence-electron chi connectivity index (χ3n) is 5.53. The Morgan fingerprint density at radius 3 is 2.57 bits per heavy atom. The Balaban J connectivity index is 1.50. The summed E-state index contributed by atoms with van der Waals surface area (Å²) in [5.41, 5.74) is 3.83. The van der Waals surface area contributed by atoms with E-state index in [9.17, 15) is 14.7 Å². The second-order valence-corrected chi connectivity index (χ2v) is 8.79. The van der Waals surface area contributed by atoms with E-state index in [1.54, 1.807) is 6.21 Å². The number of anilines is 1. The maximum atomic E-state index is 12.6. The first-order chi connectivity index (χ1) is 17.8. The van der Waals surface area contributed by atoms with Crippen LogP contribution < -0.4 is 21.4 Å². The normalized spacial score (nSPS) is 12.5. The molecule has 11 nitrogen and oxygen atoms in total. The van der Waals surface area contributed by atoms with E-state index in [1.165, 1.54) is 16.2 Å². The van der Waals surface area contributed by atoms with Crippen LogP contribution in [-0.4, -0.2) is 49.2 Å². The number of nitrogens with zero attached hydrogens (tertiary/aromatic N) is 4. The number of fused-ring (bicyclic) bond motifs is 1. The van der Waals surface area contributed by atoms with Crippen molar-refractivity contribution in [2.45, 2.75) is 39.2 Å². The first-order valence-corrected chi connectivity index (χ1v) is 11.9. The first-order valence-electron chi connectivity index (χ1n) is 11.9. The zero-order chi connectivity index (χ0) is 26.4. The Bertz CT molecular complexity index is 1470. The lowest BCUT2D eigenvalue weighted by atomic mass is 10.2. The number of H-pyrrole nitrogens is 1. The van der Waals surface area contributed by atoms with Crippen LogP contribution in [0.2, 0.25) is 0 Å². The summed E-state index contributed by atoms with van der Waals surface area (Å²) < 4.78 is 14.0. The number of rotatable bonds is 11. The lowest BCUT2D eigenvalue weighted by Gasteiger charge is -2.15. The van der Waals surface area contributed by atoms with Crippen molar-refractivity contribution in [2.75, 3.05) is 12.0 Å². The SMILES string of the molecule is CC(C)OCC(O)Cn1c(NN=Cc2ccc(OCc3ccccc3)cc2)nc2c1c(=O)[nH]c(=O)n2C. The van der Waals surface area contributed by atoms with Gasteiger partial charge in [0.05, 0.1) is 31.6 Å². The Kier molecular flexibility index (Phi) is 8.16. The average Bonchev–Trinajstić information content (AvgIpc) is 3.25. The number of hydrogen-bond acceptors (Lipinski definition) is 8. The molecule has 2 heterocycles. The lowest BCUT2D eigenvalue weighted by molar-refractivity contribution is -0.000105. The van der Waals surface area contributed by atoms with Crippen LogP contribution in [0, 0.1) is 0 Å². The second kappa shape index (κ2) is 11.7. The number of aryl methyl sites for hydroxylation is 1. The van der Waals surface area contributed by atoms with E-state index < -0.39 is 17.4 Å². The Hall–Kier alpha value is -4.22. The molecule has 2 aromatic carbocycles. The van der Waals surface area contributed by atoms with Crippen molar-refractivity contribution in [1.29, 1.82) is 0 Å². The van der Waals surface area contributed by atoms with E-state index in [0.29, 0.717) is 6.61 Å². The number of ether oxygens (including phenoxy) is 2. The maximum Gasteiger partial charge on any atom is 0.329 e. The summed E-state index contributed by atoms with van der Waals surface area (Å²) in [5, 5.41) is 14.7. The minimum Gasteiger partial charge on any atom is -0.489 e. The highest BCUT2D eigenvalue weighted by molar-refractivity contribution is 5.80. The number of aromatic amines is 1. The third-order valence-corrected chi connectivity index (χ3v) is 5.53. The summed E-state index contributed by atoms with van der Waals surface area (Å²) in [6.45, 7) is 4.28. The van der Waals surface area contributed by atoms with Gasteiger partial charge in [-0.3, -0.25) is 14.3 Å². The van der Waals surface area contributed by atoms with Gasteiger partial charge in [0.25, 0.3) is 5.56 Å². The fraction of sp³-hybridized carbons (Fsp3) is 0.308. The van der Waals surface area contributed by atoms with Gasteiger partial charge in [0.1, 0.15) is 12.4 Å². The molecule has 0 fully saturated rings. The van der Waals surface area contributed by atoms with Gasteiger partial charge in [0.2, 0.25) is 5.95 Å². The maximum absolute atomic E-state index is 12.6. The van der Waals surface area contributed by atoms with Gasteiger partial charge < -0.3 is 19.1 Å². The fourth-order valence-electron chi connectivity index (χ4n) is 3.62. The summed E-state index contributed by atoms with van der Waals surface area (Å²) in [4.78, 5) is 31.3. The highest BCUT2D eigenvalue weighted by atomic mass is 16.5. The zero-order valence-corrected chi connectivity index (χ0v) is 20.9. The van der Waals surface area contributed by atoms with Crippen molar-refractivity contribution in [3.8, 4) is 5.75 Å². The largest absolute Gasteiger partial charge is 0.489 e. The van der Waals surface area contributed by atoms with E-state index in [2.05, 4.69) is 20.5 Å². The molecule has 4 rings (SSSR count). The van der Waals surface area contributed by atoms with Crippen molar-refractivity contribution in [3.05, 3.63) is 86.6 Å². The van der Waals surface area contributed by atoms with Crippen LogP contribution >= 0.6 is 0 Å². The van der Waals surface area contributed by atoms with E-state index in [-0.39, 0.29) is 36.4 Å². The predicted octanol–water partition coefficient (Wildman–Crippen LogP) is 2.23. The molecule has 37 heavy (non-hydrogen) atoms. The molecule has 0 aliphatic carbocycles. The molecule has 3 N–H and O–H groups in total. The molecule has 0 radical (unpaired) electrons. The third kappa shape index (κ3) is 6.51. The molecule has 194 valence electrons. The lowest BCUT2D eigenvalue weighted by Crippen LogP contribution is -2.30. The zero-order valence-electron chi connectivity index (χ0n) is 20.9. The number of hydrogen-bond donors (Lipinski definition) is 3. The number of nitrogens with one attached hydrogen (secondary N) is 2. The van der Waals surface area contributed by atoms with E-state index in [1.807, 2.05) is 68.4 Å². The molecule has 0 aliphatic heterocycles. The Morgan fingerprint density at radius 2 is 1.86 bits per heavy atom. The van der Waals surface area contributed by atoms with E-state index in [0.717, 1.165) is 16.9 Å². The number of imidazole rings is 1. The van der Waals surface area contributed by atoms with Gasteiger partial charge in [0.15, 0.2) is 11.2 Å². The second-order valence-electron chi connectivity index (χ2n) is 8.79. The molecule has 0 aliphatic rings. The molecule has 1 unspecified atom stereocenters.